The average Bonchev–Trinajstić information content (AvgIpc) is 3.57. The Balaban J connectivity index is 0.00000225. The van der Waals surface area contributed by atoms with Crippen molar-refractivity contribution in [2.45, 2.75) is 44.6 Å². The Labute approximate surface area is 174 Å². The molecule has 1 aromatic rings. The number of nitrogens with zero attached hydrogens (tertiary/aromatic N) is 2. The maximum Gasteiger partial charge on any atom is 0.253 e. The molecule has 2 heterocycles. The van der Waals surface area contributed by atoms with Gasteiger partial charge in [0.25, 0.3) is 5.91 Å². The lowest BCUT2D eigenvalue weighted by atomic mass is 9.94. The van der Waals surface area contributed by atoms with Crippen molar-refractivity contribution < 1.29 is 9.59 Å². The molecule has 1 aliphatic carbocycles. The van der Waals surface area contributed by atoms with Crippen LogP contribution in [0.2, 0.25) is 0 Å². The maximum absolute atomic E-state index is 13.0. The molecule has 2 amide bonds. The first-order valence-electron chi connectivity index (χ1n) is 10.6. The van der Waals surface area contributed by atoms with Gasteiger partial charge in [-0.25, -0.2) is 0 Å². The number of benzene rings is 1. The highest BCUT2D eigenvalue weighted by Gasteiger charge is 2.33. The number of hydrogen-bond acceptors (Lipinski definition) is 3. The number of likely N-dealkylation sites (tertiary alicyclic amines) is 2. The Kier molecular flexibility index (Phi) is 7.36. The molecular weight excluding hydrogens is 374 g/mol. The Morgan fingerprint density at radius 3 is 2.32 bits per heavy atom. The molecular formula is C22H32ClN3O2. The van der Waals surface area contributed by atoms with Gasteiger partial charge in [0, 0.05) is 37.8 Å². The summed E-state index contributed by atoms with van der Waals surface area (Å²) in [7, 11) is 0. The average molecular weight is 406 g/mol. The second-order valence-corrected chi connectivity index (χ2v) is 8.41. The van der Waals surface area contributed by atoms with Crippen LogP contribution in [0.25, 0.3) is 0 Å². The van der Waals surface area contributed by atoms with Gasteiger partial charge in [0.05, 0.1) is 5.92 Å². The smallest absolute Gasteiger partial charge is 0.253 e. The quantitative estimate of drug-likeness (QED) is 0.819. The first-order chi connectivity index (χ1) is 13.2. The number of carbonyl (C=O) groups excluding carboxylic acids is 2. The van der Waals surface area contributed by atoms with E-state index in [1.54, 1.807) is 0 Å². The van der Waals surface area contributed by atoms with Crippen molar-refractivity contribution >= 4 is 24.2 Å². The Hall–Kier alpha value is -1.59. The van der Waals surface area contributed by atoms with E-state index in [0.29, 0.717) is 18.2 Å². The highest BCUT2D eigenvalue weighted by molar-refractivity contribution is 5.94. The molecule has 1 N–H and O–H groups in total. The number of halogens is 1. The largest absolute Gasteiger partial charge is 0.342 e. The van der Waals surface area contributed by atoms with Gasteiger partial charge in [-0.15, -0.1) is 12.4 Å². The van der Waals surface area contributed by atoms with Crippen molar-refractivity contribution in [2.75, 3.05) is 32.7 Å². The van der Waals surface area contributed by atoms with E-state index in [2.05, 4.69) is 5.32 Å². The van der Waals surface area contributed by atoms with Crippen LogP contribution in [0.1, 0.15) is 48.9 Å². The van der Waals surface area contributed by atoms with E-state index >= 15 is 0 Å². The number of hydrogen-bond donors (Lipinski definition) is 1. The summed E-state index contributed by atoms with van der Waals surface area (Å²) in [5, 5.41) is 3.67. The number of carbonyl (C=O) groups is 2. The lowest BCUT2D eigenvalue weighted by Gasteiger charge is -2.38. The fraction of sp³-hybridized carbons (Fsp3) is 0.636. The van der Waals surface area contributed by atoms with Gasteiger partial charge in [-0.3, -0.25) is 9.59 Å². The standard InChI is InChI=1S/C22H31N3O2.ClH/c26-21(18-5-2-1-3-6-18)25-12-4-7-19(16-25)22(27)24-13-10-20(11-14-24)23-15-17-8-9-17;/h1-3,5-6,17,19-20,23H,4,7-16H2;1H. The van der Waals surface area contributed by atoms with Crippen molar-refractivity contribution in [2.24, 2.45) is 11.8 Å². The molecule has 2 aliphatic heterocycles. The molecule has 5 nitrogen and oxygen atoms in total. The lowest BCUT2D eigenvalue weighted by molar-refractivity contribution is -0.138. The summed E-state index contributed by atoms with van der Waals surface area (Å²) < 4.78 is 0. The van der Waals surface area contributed by atoms with E-state index in [9.17, 15) is 9.59 Å². The summed E-state index contributed by atoms with van der Waals surface area (Å²) in [6.45, 7) is 4.17. The number of piperidine rings is 2. The van der Waals surface area contributed by atoms with E-state index in [1.807, 2.05) is 40.1 Å². The second-order valence-electron chi connectivity index (χ2n) is 8.41. The van der Waals surface area contributed by atoms with Gasteiger partial charge < -0.3 is 15.1 Å². The van der Waals surface area contributed by atoms with E-state index in [4.69, 9.17) is 0 Å². The summed E-state index contributed by atoms with van der Waals surface area (Å²) >= 11 is 0. The summed E-state index contributed by atoms with van der Waals surface area (Å²) in [4.78, 5) is 29.6. The third-order valence-electron chi connectivity index (χ3n) is 6.28. The van der Waals surface area contributed by atoms with Crippen LogP contribution in [0.4, 0.5) is 0 Å². The minimum absolute atomic E-state index is 0. The van der Waals surface area contributed by atoms with Crippen LogP contribution in [0, 0.1) is 11.8 Å². The topological polar surface area (TPSA) is 52.7 Å². The van der Waals surface area contributed by atoms with Gasteiger partial charge in [0.15, 0.2) is 0 Å². The van der Waals surface area contributed by atoms with E-state index in [1.165, 1.54) is 12.8 Å². The number of nitrogens with one attached hydrogen (secondary N) is 1. The zero-order valence-corrected chi connectivity index (χ0v) is 17.3. The SMILES string of the molecule is Cl.O=C(c1ccccc1)N1CCCC(C(=O)N2CCC(NCC3CC3)CC2)C1. The molecule has 0 bridgehead atoms. The summed E-state index contributed by atoms with van der Waals surface area (Å²) in [5.74, 6) is 1.17. The predicted octanol–water partition coefficient (Wildman–Crippen LogP) is 2.95. The van der Waals surface area contributed by atoms with Gasteiger partial charge in [-0.05, 0) is 63.1 Å². The highest BCUT2D eigenvalue weighted by Crippen LogP contribution is 2.28. The highest BCUT2D eigenvalue weighted by atomic mass is 35.5. The zero-order chi connectivity index (χ0) is 18.6. The third-order valence-corrected chi connectivity index (χ3v) is 6.28. The summed E-state index contributed by atoms with van der Waals surface area (Å²) in [6.07, 6.45) is 6.68. The molecule has 1 atom stereocenters. The minimum Gasteiger partial charge on any atom is -0.342 e. The minimum atomic E-state index is -0.0395. The molecule has 4 rings (SSSR count). The van der Waals surface area contributed by atoms with Gasteiger partial charge in [0.1, 0.15) is 0 Å². The molecule has 1 saturated carbocycles. The Morgan fingerprint density at radius 2 is 1.64 bits per heavy atom. The second kappa shape index (κ2) is 9.75. The molecule has 154 valence electrons. The van der Waals surface area contributed by atoms with Crippen LogP contribution in [-0.4, -0.2) is 60.4 Å². The van der Waals surface area contributed by atoms with Crippen LogP contribution in [0.5, 0.6) is 0 Å². The Morgan fingerprint density at radius 1 is 0.929 bits per heavy atom. The van der Waals surface area contributed by atoms with Crippen molar-refractivity contribution in [1.82, 2.24) is 15.1 Å². The van der Waals surface area contributed by atoms with Gasteiger partial charge in [0.2, 0.25) is 5.91 Å². The Bertz CT molecular complexity index is 657. The van der Waals surface area contributed by atoms with E-state index in [-0.39, 0.29) is 30.1 Å². The van der Waals surface area contributed by atoms with Crippen LogP contribution in [-0.2, 0) is 4.79 Å². The van der Waals surface area contributed by atoms with Gasteiger partial charge in [-0.2, -0.15) is 0 Å². The summed E-state index contributed by atoms with van der Waals surface area (Å²) in [6, 6.07) is 9.97. The molecule has 2 saturated heterocycles. The van der Waals surface area contributed by atoms with Crippen LogP contribution >= 0.6 is 12.4 Å². The van der Waals surface area contributed by atoms with Crippen molar-refractivity contribution in [3.63, 3.8) is 0 Å². The van der Waals surface area contributed by atoms with E-state index < -0.39 is 0 Å². The van der Waals surface area contributed by atoms with Crippen LogP contribution < -0.4 is 5.32 Å². The molecule has 6 heteroatoms. The van der Waals surface area contributed by atoms with E-state index in [0.717, 1.165) is 57.8 Å². The third kappa shape index (κ3) is 5.26. The molecule has 1 unspecified atom stereocenters. The lowest BCUT2D eigenvalue weighted by Crippen LogP contribution is -2.50. The maximum atomic E-state index is 13.0. The van der Waals surface area contributed by atoms with Crippen LogP contribution in [0.15, 0.2) is 30.3 Å². The molecule has 0 radical (unpaired) electrons. The zero-order valence-electron chi connectivity index (χ0n) is 16.5. The molecule has 1 aromatic carbocycles. The van der Waals surface area contributed by atoms with Gasteiger partial charge >= 0.3 is 0 Å². The molecule has 3 fully saturated rings. The molecule has 3 aliphatic rings. The first-order valence-corrected chi connectivity index (χ1v) is 10.6. The predicted molar refractivity (Wildman–Crippen MR) is 113 cm³/mol. The normalized spacial score (nSPS) is 23.2. The molecule has 28 heavy (non-hydrogen) atoms. The molecule has 0 spiro atoms. The fourth-order valence-corrected chi connectivity index (χ4v) is 4.34. The van der Waals surface area contributed by atoms with Gasteiger partial charge in [-0.1, -0.05) is 18.2 Å². The van der Waals surface area contributed by atoms with Crippen molar-refractivity contribution in [3.05, 3.63) is 35.9 Å². The van der Waals surface area contributed by atoms with Crippen LogP contribution in [0.3, 0.4) is 0 Å². The first kappa shape index (κ1) is 21.1. The number of amides is 2. The van der Waals surface area contributed by atoms with Crippen molar-refractivity contribution in [1.29, 1.82) is 0 Å². The number of rotatable bonds is 5. The monoisotopic (exact) mass is 405 g/mol. The summed E-state index contributed by atoms with van der Waals surface area (Å²) in [5.41, 5.74) is 0.716. The fourth-order valence-electron chi connectivity index (χ4n) is 4.34. The van der Waals surface area contributed by atoms with Crippen molar-refractivity contribution in [3.8, 4) is 0 Å². The molecule has 0 aromatic heterocycles.